The number of halogens is 2. The normalized spacial score (nSPS) is 13.4. The third-order valence-electron chi connectivity index (χ3n) is 5.08. The van der Waals surface area contributed by atoms with Crippen LogP contribution in [0.5, 0.6) is 0 Å². The quantitative estimate of drug-likeness (QED) is 0.658. The van der Waals surface area contributed by atoms with Crippen LogP contribution in [0.25, 0.3) is 0 Å². The van der Waals surface area contributed by atoms with Crippen LogP contribution in [0.3, 0.4) is 0 Å². The van der Waals surface area contributed by atoms with Crippen LogP contribution in [0.2, 0.25) is 10.0 Å². The number of hydrogen-bond acceptors (Lipinski definition) is 4. The topological polar surface area (TPSA) is 82.2 Å². The van der Waals surface area contributed by atoms with Crippen LogP contribution in [-0.2, 0) is 14.3 Å². The van der Waals surface area contributed by atoms with Gasteiger partial charge in [0.1, 0.15) is 19.8 Å². The van der Waals surface area contributed by atoms with Gasteiger partial charge in [-0.25, -0.2) is 4.79 Å². The lowest BCUT2D eigenvalue weighted by molar-refractivity contribution is -0.132. The van der Waals surface area contributed by atoms with E-state index in [2.05, 4.69) is 5.32 Å². The first-order valence-electron chi connectivity index (χ1n) is 9.94. The van der Waals surface area contributed by atoms with E-state index in [0.717, 1.165) is 5.56 Å². The third-order valence-corrected chi connectivity index (χ3v) is 5.72. The van der Waals surface area contributed by atoms with Crippen molar-refractivity contribution in [3.05, 3.63) is 58.1 Å². The molecule has 170 valence electrons. The number of carbonyl (C=O) groups excluding carboxylic acids is 3. The number of hydrogen-bond donors (Lipinski definition) is 1. The van der Waals surface area contributed by atoms with Crippen LogP contribution in [0.15, 0.2) is 42.5 Å². The monoisotopic (exact) mass is 478 g/mol. The van der Waals surface area contributed by atoms with Gasteiger partial charge in [-0.05, 0) is 42.8 Å². The standard InChI is InChI=1S/C22H24Cl2N4O4/c1-15-18(24)7-4-8-19(15)28-14-27(13-21(28)30)20(29)12-26(9-10-32-2)22(31)25-17-6-3-5-16(23)11-17/h3-8,11H,9-10,12-14H2,1-2H3,(H,25,31). The first kappa shape index (κ1) is 23.8. The summed E-state index contributed by atoms with van der Waals surface area (Å²) in [6.07, 6.45) is 0. The molecule has 1 fully saturated rings. The molecule has 1 heterocycles. The molecule has 0 spiro atoms. The van der Waals surface area contributed by atoms with Crippen molar-refractivity contribution < 1.29 is 19.1 Å². The predicted molar refractivity (Wildman–Crippen MR) is 124 cm³/mol. The fourth-order valence-electron chi connectivity index (χ4n) is 3.30. The van der Waals surface area contributed by atoms with Crippen LogP contribution < -0.4 is 10.2 Å². The molecule has 0 aromatic heterocycles. The van der Waals surface area contributed by atoms with Crippen LogP contribution >= 0.6 is 23.2 Å². The van der Waals surface area contributed by atoms with Gasteiger partial charge in [0.05, 0.1) is 6.61 Å². The van der Waals surface area contributed by atoms with E-state index in [0.29, 0.717) is 21.4 Å². The van der Waals surface area contributed by atoms with Gasteiger partial charge in [-0.1, -0.05) is 35.3 Å². The van der Waals surface area contributed by atoms with E-state index >= 15 is 0 Å². The van der Waals surface area contributed by atoms with E-state index in [1.54, 1.807) is 42.5 Å². The Balaban J connectivity index is 1.68. The Kier molecular flexibility index (Phi) is 7.95. The minimum atomic E-state index is -0.467. The van der Waals surface area contributed by atoms with Gasteiger partial charge in [-0.15, -0.1) is 0 Å². The maximum absolute atomic E-state index is 12.9. The molecule has 0 saturated carbocycles. The predicted octanol–water partition coefficient (Wildman–Crippen LogP) is 3.62. The van der Waals surface area contributed by atoms with Gasteiger partial charge in [0.25, 0.3) is 0 Å². The van der Waals surface area contributed by atoms with Gasteiger partial charge >= 0.3 is 6.03 Å². The maximum atomic E-state index is 12.9. The number of amides is 4. The molecular formula is C22H24Cl2N4O4. The lowest BCUT2D eigenvalue weighted by Crippen LogP contribution is -2.45. The molecule has 2 aromatic carbocycles. The molecule has 0 bridgehead atoms. The minimum Gasteiger partial charge on any atom is -0.383 e. The van der Waals surface area contributed by atoms with Gasteiger partial charge in [0, 0.05) is 35.1 Å². The van der Waals surface area contributed by atoms with Crippen molar-refractivity contribution in [2.75, 3.05) is 50.2 Å². The van der Waals surface area contributed by atoms with Crippen molar-refractivity contribution in [1.29, 1.82) is 0 Å². The molecular weight excluding hydrogens is 455 g/mol. The van der Waals surface area contributed by atoms with Gasteiger partial charge in [0.15, 0.2) is 0 Å². The van der Waals surface area contributed by atoms with Crippen LogP contribution in [-0.4, -0.2) is 67.7 Å². The fourth-order valence-corrected chi connectivity index (χ4v) is 3.66. The van der Waals surface area contributed by atoms with Gasteiger partial charge in [-0.2, -0.15) is 0 Å². The van der Waals surface area contributed by atoms with E-state index in [-0.39, 0.29) is 44.7 Å². The molecule has 8 nitrogen and oxygen atoms in total. The summed E-state index contributed by atoms with van der Waals surface area (Å²) >= 11 is 12.1. The lowest BCUT2D eigenvalue weighted by atomic mass is 10.2. The summed E-state index contributed by atoms with van der Waals surface area (Å²) in [5, 5.41) is 3.75. The number of carbonyl (C=O) groups is 3. The first-order chi connectivity index (χ1) is 15.3. The summed E-state index contributed by atoms with van der Waals surface area (Å²) in [5.41, 5.74) is 1.93. The van der Waals surface area contributed by atoms with Crippen LogP contribution in [0.1, 0.15) is 5.56 Å². The zero-order valence-corrected chi connectivity index (χ0v) is 19.3. The highest BCUT2D eigenvalue weighted by atomic mass is 35.5. The molecule has 0 aliphatic carbocycles. The van der Waals surface area contributed by atoms with Crippen molar-refractivity contribution in [2.24, 2.45) is 0 Å². The molecule has 1 aliphatic heterocycles. The molecule has 4 amide bonds. The largest absolute Gasteiger partial charge is 0.383 e. The van der Waals surface area contributed by atoms with Gasteiger partial charge in [-0.3, -0.25) is 14.5 Å². The van der Waals surface area contributed by atoms with E-state index in [9.17, 15) is 14.4 Å². The molecule has 1 aliphatic rings. The fraction of sp³-hybridized carbons (Fsp3) is 0.318. The Hall–Kier alpha value is -2.81. The van der Waals surface area contributed by atoms with Crippen molar-refractivity contribution in [1.82, 2.24) is 9.80 Å². The minimum absolute atomic E-state index is 0.0706. The Morgan fingerprint density at radius 1 is 1.19 bits per heavy atom. The number of urea groups is 1. The third kappa shape index (κ3) is 5.70. The Labute approximate surface area is 196 Å². The highest BCUT2D eigenvalue weighted by Gasteiger charge is 2.33. The van der Waals surface area contributed by atoms with E-state index < -0.39 is 6.03 Å². The lowest BCUT2D eigenvalue weighted by Gasteiger charge is -2.25. The first-order valence-corrected chi connectivity index (χ1v) is 10.7. The summed E-state index contributed by atoms with van der Waals surface area (Å²) < 4.78 is 5.07. The molecule has 0 radical (unpaired) electrons. The highest BCUT2D eigenvalue weighted by molar-refractivity contribution is 6.32. The van der Waals surface area contributed by atoms with Gasteiger partial charge < -0.3 is 19.9 Å². The SMILES string of the molecule is COCCN(CC(=O)N1CC(=O)N(c2cccc(Cl)c2C)C1)C(=O)Nc1cccc(Cl)c1. The van der Waals surface area contributed by atoms with E-state index in [4.69, 9.17) is 27.9 Å². The van der Waals surface area contributed by atoms with Crippen LogP contribution in [0, 0.1) is 6.92 Å². The molecule has 3 rings (SSSR count). The second-order valence-electron chi connectivity index (χ2n) is 7.29. The van der Waals surface area contributed by atoms with E-state index in [1.807, 2.05) is 6.92 Å². The summed E-state index contributed by atoms with van der Waals surface area (Å²) in [7, 11) is 1.51. The van der Waals surface area contributed by atoms with Crippen molar-refractivity contribution in [3.8, 4) is 0 Å². The van der Waals surface area contributed by atoms with Gasteiger partial charge in [0.2, 0.25) is 11.8 Å². The Morgan fingerprint density at radius 3 is 2.66 bits per heavy atom. The van der Waals surface area contributed by atoms with Crippen LogP contribution in [0.4, 0.5) is 16.2 Å². The maximum Gasteiger partial charge on any atom is 0.322 e. The molecule has 0 unspecified atom stereocenters. The second-order valence-corrected chi connectivity index (χ2v) is 8.14. The zero-order valence-electron chi connectivity index (χ0n) is 17.8. The molecule has 10 heteroatoms. The van der Waals surface area contributed by atoms with E-state index in [1.165, 1.54) is 21.8 Å². The second kappa shape index (κ2) is 10.7. The average Bonchev–Trinajstić information content (AvgIpc) is 3.14. The molecule has 32 heavy (non-hydrogen) atoms. The zero-order chi connectivity index (χ0) is 23.3. The number of benzene rings is 2. The summed E-state index contributed by atoms with van der Waals surface area (Å²) in [4.78, 5) is 42.6. The number of ether oxygens (including phenoxy) is 1. The average molecular weight is 479 g/mol. The number of nitrogens with zero attached hydrogens (tertiary/aromatic N) is 3. The molecule has 2 aromatic rings. The molecule has 1 saturated heterocycles. The summed E-state index contributed by atoms with van der Waals surface area (Å²) in [6, 6.07) is 11.5. The Bertz CT molecular complexity index is 1020. The number of anilines is 2. The number of nitrogens with one attached hydrogen (secondary N) is 1. The number of rotatable bonds is 7. The highest BCUT2D eigenvalue weighted by Crippen LogP contribution is 2.28. The van der Waals surface area contributed by atoms with Crippen molar-refractivity contribution in [2.45, 2.75) is 6.92 Å². The summed E-state index contributed by atoms with van der Waals surface area (Å²) in [5.74, 6) is -0.562. The van der Waals surface area contributed by atoms with Crippen molar-refractivity contribution >= 4 is 52.4 Å². The van der Waals surface area contributed by atoms with Crippen molar-refractivity contribution in [3.63, 3.8) is 0 Å². The smallest absolute Gasteiger partial charge is 0.322 e. The number of methoxy groups -OCH3 is 1. The molecule has 1 N–H and O–H groups in total. The Morgan fingerprint density at radius 2 is 1.94 bits per heavy atom. The summed E-state index contributed by atoms with van der Waals surface area (Å²) in [6.45, 7) is 2.09. The molecule has 0 atom stereocenters.